The first-order valence-electron chi connectivity index (χ1n) is 5.24. The van der Waals surface area contributed by atoms with Crippen molar-refractivity contribution >= 4 is 11.7 Å². The number of aromatic nitrogens is 2. The van der Waals surface area contributed by atoms with Crippen molar-refractivity contribution in [1.29, 1.82) is 0 Å². The van der Waals surface area contributed by atoms with E-state index in [4.69, 9.17) is 0 Å². The van der Waals surface area contributed by atoms with E-state index in [9.17, 15) is 13.6 Å². The van der Waals surface area contributed by atoms with Gasteiger partial charge in [-0.25, -0.2) is 8.78 Å². The van der Waals surface area contributed by atoms with Crippen molar-refractivity contribution in [3.63, 3.8) is 0 Å². The predicted molar refractivity (Wildman–Crippen MR) is 62.3 cm³/mol. The van der Waals surface area contributed by atoms with Gasteiger partial charge in [-0.3, -0.25) is 9.48 Å². The van der Waals surface area contributed by atoms with E-state index in [0.29, 0.717) is 11.9 Å². The van der Waals surface area contributed by atoms with E-state index in [1.165, 1.54) is 4.68 Å². The molecule has 0 spiro atoms. The van der Waals surface area contributed by atoms with Crippen molar-refractivity contribution in [1.82, 2.24) is 9.78 Å². The lowest BCUT2D eigenvalue weighted by atomic mass is 10.2. The lowest BCUT2D eigenvalue weighted by molar-refractivity contribution is 0.102. The van der Waals surface area contributed by atoms with Crippen LogP contribution in [0.1, 0.15) is 16.1 Å². The number of hydrogen-bond acceptors (Lipinski definition) is 2. The summed E-state index contributed by atoms with van der Waals surface area (Å²) >= 11 is 0. The smallest absolute Gasteiger partial charge is 0.257 e. The van der Waals surface area contributed by atoms with Crippen molar-refractivity contribution in [2.75, 3.05) is 5.32 Å². The highest BCUT2D eigenvalue weighted by Gasteiger charge is 2.11. The summed E-state index contributed by atoms with van der Waals surface area (Å²) in [5.41, 5.74) is 0.657. The van der Waals surface area contributed by atoms with Gasteiger partial charge >= 0.3 is 0 Å². The van der Waals surface area contributed by atoms with Crippen molar-refractivity contribution in [3.8, 4) is 0 Å². The molecule has 18 heavy (non-hydrogen) atoms. The zero-order valence-electron chi connectivity index (χ0n) is 9.87. The highest BCUT2D eigenvalue weighted by molar-refractivity contribution is 6.03. The molecule has 0 saturated heterocycles. The van der Waals surface area contributed by atoms with E-state index >= 15 is 0 Å². The van der Waals surface area contributed by atoms with Crippen LogP contribution >= 0.6 is 0 Å². The van der Waals surface area contributed by atoms with Gasteiger partial charge in [0.25, 0.3) is 5.91 Å². The molecule has 0 saturated carbocycles. The molecule has 0 bridgehead atoms. The van der Waals surface area contributed by atoms with Crippen molar-refractivity contribution in [2.24, 2.45) is 7.05 Å². The summed E-state index contributed by atoms with van der Waals surface area (Å²) in [4.78, 5) is 11.8. The van der Waals surface area contributed by atoms with Gasteiger partial charge < -0.3 is 5.32 Å². The third-order valence-electron chi connectivity index (χ3n) is 2.37. The Hall–Kier alpha value is -2.24. The minimum absolute atomic E-state index is 0.0775. The average molecular weight is 251 g/mol. The largest absolute Gasteiger partial charge is 0.307 e. The second kappa shape index (κ2) is 4.56. The Morgan fingerprint density at radius 3 is 2.33 bits per heavy atom. The van der Waals surface area contributed by atoms with Gasteiger partial charge in [-0.2, -0.15) is 5.10 Å². The highest BCUT2D eigenvalue weighted by atomic mass is 19.1. The summed E-state index contributed by atoms with van der Waals surface area (Å²) < 4.78 is 27.4. The van der Waals surface area contributed by atoms with Crippen LogP contribution in [0.2, 0.25) is 0 Å². The molecule has 1 aromatic heterocycles. The van der Waals surface area contributed by atoms with E-state index < -0.39 is 17.5 Å². The number of carbonyl (C=O) groups is 1. The number of anilines is 1. The number of rotatable bonds is 2. The molecule has 2 aromatic rings. The third kappa shape index (κ3) is 2.53. The van der Waals surface area contributed by atoms with Gasteiger partial charge in [-0.05, 0) is 19.1 Å². The Morgan fingerprint density at radius 1 is 1.22 bits per heavy atom. The quantitative estimate of drug-likeness (QED) is 0.889. The molecule has 1 aromatic carbocycles. The normalized spacial score (nSPS) is 10.4. The molecular formula is C12H11F2N3O. The summed E-state index contributed by atoms with van der Waals surface area (Å²) in [5.74, 6) is -1.71. The van der Waals surface area contributed by atoms with Crippen LogP contribution in [0.4, 0.5) is 14.6 Å². The molecule has 0 radical (unpaired) electrons. The molecule has 1 heterocycles. The molecule has 0 fully saturated rings. The Bertz CT molecular complexity index is 587. The molecule has 0 aliphatic rings. The van der Waals surface area contributed by atoms with Crippen LogP contribution in [-0.4, -0.2) is 15.7 Å². The molecule has 4 nitrogen and oxygen atoms in total. The number of aryl methyl sites for hydroxylation is 2. The zero-order valence-corrected chi connectivity index (χ0v) is 9.87. The molecule has 0 aliphatic heterocycles. The first-order valence-corrected chi connectivity index (χ1v) is 5.24. The van der Waals surface area contributed by atoms with E-state index in [0.717, 1.165) is 17.8 Å². The second-order valence-corrected chi connectivity index (χ2v) is 3.91. The van der Waals surface area contributed by atoms with Gasteiger partial charge in [0.05, 0.1) is 5.69 Å². The number of halogens is 2. The SMILES string of the molecule is Cc1cc(NC(=O)c2cc(F)cc(F)c2)n(C)n1. The van der Waals surface area contributed by atoms with Crippen LogP contribution in [-0.2, 0) is 7.05 Å². The maximum absolute atomic E-state index is 13.0. The van der Waals surface area contributed by atoms with Gasteiger partial charge in [0, 0.05) is 24.7 Å². The van der Waals surface area contributed by atoms with Crippen LogP contribution < -0.4 is 5.32 Å². The van der Waals surface area contributed by atoms with Gasteiger partial charge in [-0.1, -0.05) is 0 Å². The first-order chi connectivity index (χ1) is 8.45. The highest BCUT2D eigenvalue weighted by Crippen LogP contribution is 2.12. The van der Waals surface area contributed by atoms with Crippen LogP contribution in [0.15, 0.2) is 24.3 Å². The maximum Gasteiger partial charge on any atom is 0.257 e. The van der Waals surface area contributed by atoms with E-state index in [-0.39, 0.29) is 5.56 Å². The van der Waals surface area contributed by atoms with Crippen LogP contribution in [0.3, 0.4) is 0 Å². The number of nitrogens with one attached hydrogen (secondary N) is 1. The summed E-state index contributed by atoms with van der Waals surface area (Å²) in [6.45, 7) is 1.78. The average Bonchev–Trinajstić information content (AvgIpc) is 2.56. The number of hydrogen-bond donors (Lipinski definition) is 1. The molecule has 6 heteroatoms. The van der Waals surface area contributed by atoms with Crippen molar-refractivity contribution in [2.45, 2.75) is 6.92 Å². The Balaban J connectivity index is 2.24. The van der Waals surface area contributed by atoms with E-state index in [1.54, 1.807) is 20.0 Å². The Kier molecular flexibility index (Phi) is 3.10. The summed E-state index contributed by atoms with van der Waals surface area (Å²) in [6, 6.07) is 4.32. The lowest BCUT2D eigenvalue weighted by Gasteiger charge is -2.05. The van der Waals surface area contributed by atoms with Crippen LogP contribution in [0.25, 0.3) is 0 Å². The van der Waals surface area contributed by atoms with E-state index in [1.807, 2.05) is 0 Å². The predicted octanol–water partition coefficient (Wildman–Crippen LogP) is 2.26. The van der Waals surface area contributed by atoms with Crippen LogP contribution in [0, 0.1) is 18.6 Å². The monoisotopic (exact) mass is 251 g/mol. The van der Waals surface area contributed by atoms with E-state index in [2.05, 4.69) is 10.4 Å². The molecule has 1 N–H and O–H groups in total. The number of nitrogens with zero attached hydrogens (tertiary/aromatic N) is 2. The molecular weight excluding hydrogens is 240 g/mol. The lowest BCUT2D eigenvalue weighted by Crippen LogP contribution is -2.15. The Labute approximate surface area is 102 Å². The summed E-state index contributed by atoms with van der Waals surface area (Å²) in [6.07, 6.45) is 0. The van der Waals surface area contributed by atoms with Gasteiger partial charge in [0.2, 0.25) is 0 Å². The van der Waals surface area contributed by atoms with Gasteiger partial charge in [0.15, 0.2) is 0 Å². The fourth-order valence-electron chi connectivity index (χ4n) is 1.60. The van der Waals surface area contributed by atoms with Gasteiger partial charge in [0.1, 0.15) is 17.5 Å². The third-order valence-corrected chi connectivity index (χ3v) is 2.37. The Morgan fingerprint density at radius 2 is 1.83 bits per heavy atom. The molecule has 1 amide bonds. The maximum atomic E-state index is 13.0. The second-order valence-electron chi connectivity index (χ2n) is 3.91. The van der Waals surface area contributed by atoms with Crippen LogP contribution in [0.5, 0.6) is 0 Å². The molecule has 0 atom stereocenters. The summed E-state index contributed by atoms with van der Waals surface area (Å²) in [7, 11) is 1.66. The van der Waals surface area contributed by atoms with Crippen molar-refractivity contribution < 1.29 is 13.6 Å². The molecule has 0 unspecified atom stereocenters. The molecule has 0 aliphatic carbocycles. The minimum atomic E-state index is -0.790. The minimum Gasteiger partial charge on any atom is -0.307 e. The molecule has 94 valence electrons. The van der Waals surface area contributed by atoms with Gasteiger partial charge in [-0.15, -0.1) is 0 Å². The first kappa shape index (κ1) is 12.2. The number of carbonyl (C=O) groups excluding carboxylic acids is 1. The molecule has 2 rings (SSSR count). The zero-order chi connectivity index (χ0) is 13.3. The number of benzene rings is 1. The fraction of sp³-hybridized carbons (Fsp3) is 0.167. The van der Waals surface area contributed by atoms with Crippen molar-refractivity contribution in [3.05, 3.63) is 47.2 Å². The standard InChI is InChI=1S/C12H11F2N3O/c1-7-3-11(17(2)16-7)15-12(18)8-4-9(13)6-10(14)5-8/h3-6H,1-2H3,(H,15,18). The number of amides is 1. The topological polar surface area (TPSA) is 46.9 Å². The fourth-order valence-corrected chi connectivity index (χ4v) is 1.60. The summed E-state index contributed by atoms with van der Waals surface area (Å²) in [5, 5.41) is 6.58.